The Morgan fingerprint density at radius 3 is 2.23 bits per heavy atom. The van der Waals surface area contributed by atoms with E-state index in [2.05, 4.69) is 19.2 Å². The van der Waals surface area contributed by atoms with Crippen LogP contribution in [0.25, 0.3) is 0 Å². The van der Waals surface area contributed by atoms with Gasteiger partial charge in [-0.25, -0.2) is 0 Å². The summed E-state index contributed by atoms with van der Waals surface area (Å²) in [5, 5.41) is 2.99. The maximum Gasteiger partial charge on any atom is 0.220 e. The van der Waals surface area contributed by atoms with Crippen LogP contribution >= 0.6 is 0 Å². The molecule has 13 heavy (non-hydrogen) atoms. The van der Waals surface area contributed by atoms with E-state index in [1.165, 1.54) is 6.42 Å². The number of amides is 1. The van der Waals surface area contributed by atoms with Crippen molar-refractivity contribution in [2.45, 2.75) is 53.0 Å². The summed E-state index contributed by atoms with van der Waals surface area (Å²) in [5.41, 5.74) is 0.325. The van der Waals surface area contributed by atoms with E-state index in [0.717, 1.165) is 0 Å². The van der Waals surface area contributed by atoms with Crippen LogP contribution in [-0.2, 0) is 4.79 Å². The summed E-state index contributed by atoms with van der Waals surface area (Å²) in [7, 11) is 0. The topological polar surface area (TPSA) is 29.1 Å². The zero-order valence-electron chi connectivity index (χ0n) is 9.40. The second-order valence-electron chi connectivity index (χ2n) is 5.89. The van der Waals surface area contributed by atoms with Crippen molar-refractivity contribution in [3.8, 4) is 0 Å². The minimum absolute atomic E-state index is 0.0872. The van der Waals surface area contributed by atoms with Crippen LogP contribution < -0.4 is 5.32 Å². The molecule has 1 N–H and O–H groups in total. The van der Waals surface area contributed by atoms with Gasteiger partial charge in [0.1, 0.15) is 0 Å². The minimum atomic E-state index is -0.0872. The molecule has 0 heterocycles. The molecule has 1 aliphatic carbocycles. The molecule has 1 fully saturated rings. The molecule has 0 saturated heterocycles. The summed E-state index contributed by atoms with van der Waals surface area (Å²) < 4.78 is 0. The van der Waals surface area contributed by atoms with Gasteiger partial charge in [-0.2, -0.15) is 0 Å². The fourth-order valence-corrected chi connectivity index (χ4v) is 1.62. The van der Waals surface area contributed by atoms with Gasteiger partial charge in [0, 0.05) is 12.0 Å². The zero-order chi connectivity index (χ0) is 10.3. The molecule has 1 saturated carbocycles. The second kappa shape index (κ2) is 3.00. The lowest BCUT2D eigenvalue weighted by molar-refractivity contribution is -0.123. The molecular formula is C11H21NO. The fraction of sp³-hybridized carbons (Fsp3) is 0.909. The summed E-state index contributed by atoms with van der Waals surface area (Å²) in [6.07, 6.45) is 1.90. The molecule has 0 aromatic carbocycles. The van der Waals surface area contributed by atoms with E-state index in [4.69, 9.17) is 0 Å². The summed E-state index contributed by atoms with van der Waals surface area (Å²) in [4.78, 5) is 11.5. The predicted octanol–water partition coefficient (Wildman–Crippen LogP) is 2.34. The number of carbonyl (C=O) groups is 1. The maximum atomic E-state index is 11.5. The van der Waals surface area contributed by atoms with Gasteiger partial charge in [-0.05, 0) is 38.5 Å². The molecule has 1 unspecified atom stereocenters. The maximum absolute atomic E-state index is 11.5. The largest absolute Gasteiger partial charge is 0.352 e. The van der Waals surface area contributed by atoms with E-state index < -0.39 is 0 Å². The van der Waals surface area contributed by atoms with Crippen LogP contribution in [0.1, 0.15) is 47.5 Å². The first kappa shape index (κ1) is 10.6. The molecular weight excluding hydrogens is 162 g/mol. The Morgan fingerprint density at radius 2 is 1.92 bits per heavy atom. The highest BCUT2D eigenvalue weighted by molar-refractivity contribution is 5.77. The Labute approximate surface area is 81.1 Å². The summed E-state index contributed by atoms with van der Waals surface area (Å²) in [6.45, 7) is 10.5. The quantitative estimate of drug-likeness (QED) is 0.699. The Kier molecular flexibility index (Phi) is 2.44. The Balaban J connectivity index is 2.28. The van der Waals surface area contributed by atoms with Crippen molar-refractivity contribution in [3.05, 3.63) is 0 Å². The molecule has 1 aliphatic rings. The second-order valence-corrected chi connectivity index (χ2v) is 5.89. The van der Waals surface area contributed by atoms with E-state index in [1.807, 2.05) is 20.8 Å². The van der Waals surface area contributed by atoms with Crippen LogP contribution in [0.5, 0.6) is 0 Å². The average molecular weight is 183 g/mol. The zero-order valence-corrected chi connectivity index (χ0v) is 9.40. The molecule has 0 aliphatic heterocycles. The Hall–Kier alpha value is -0.530. The van der Waals surface area contributed by atoms with Gasteiger partial charge >= 0.3 is 0 Å². The summed E-state index contributed by atoms with van der Waals surface area (Å²) in [5.74, 6) is 0.804. The van der Waals surface area contributed by atoms with Crippen LogP contribution in [0.2, 0.25) is 0 Å². The Bertz CT molecular complexity index is 213. The molecule has 0 bridgehead atoms. The first-order chi connectivity index (χ1) is 5.71. The third kappa shape index (κ3) is 3.37. The Morgan fingerprint density at radius 1 is 1.46 bits per heavy atom. The molecule has 1 amide bonds. The summed E-state index contributed by atoms with van der Waals surface area (Å²) >= 11 is 0. The third-order valence-corrected chi connectivity index (χ3v) is 2.66. The number of carbonyl (C=O) groups excluding carboxylic acids is 1. The van der Waals surface area contributed by atoms with Gasteiger partial charge < -0.3 is 5.32 Å². The monoisotopic (exact) mass is 183 g/mol. The molecule has 1 rings (SSSR count). The number of nitrogens with one attached hydrogen (secondary N) is 1. The van der Waals surface area contributed by atoms with Crippen molar-refractivity contribution in [2.75, 3.05) is 0 Å². The molecule has 0 aromatic rings. The predicted molar refractivity (Wildman–Crippen MR) is 54.4 cm³/mol. The first-order valence-corrected chi connectivity index (χ1v) is 5.02. The van der Waals surface area contributed by atoms with Gasteiger partial charge in [0.05, 0.1) is 0 Å². The average Bonchev–Trinajstić information content (AvgIpc) is 2.32. The fourth-order valence-electron chi connectivity index (χ4n) is 1.62. The van der Waals surface area contributed by atoms with E-state index in [-0.39, 0.29) is 11.4 Å². The molecule has 0 spiro atoms. The normalized spacial score (nSPS) is 25.5. The SMILES string of the molecule is CC(C)(C)NC(=O)CC1CC1(C)C. The van der Waals surface area contributed by atoms with E-state index in [9.17, 15) is 4.79 Å². The van der Waals surface area contributed by atoms with Crippen LogP contribution in [-0.4, -0.2) is 11.4 Å². The lowest BCUT2D eigenvalue weighted by Gasteiger charge is -2.20. The van der Waals surface area contributed by atoms with E-state index >= 15 is 0 Å². The highest BCUT2D eigenvalue weighted by Crippen LogP contribution is 2.53. The van der Waals surface area contributed by atoms with Crippen molar-refractivity contribution in [1.82, 2.24) is 5.32 Å². The number of rotatable bonds is 2. The molecule has 0 aromatic heterocycles. The van der Waals surface area contributed by atoms with Gasteiger partial charge in [0.25, 0.3) is 0 Å². The van der Waals surface area contributed by atoms with Crippen molar-refractivity contribution in [1.29, 1.82) is 0 Å². The van der Waals surface area contributed by atoms with Crippen molar-refractivity contribution >= 4 is 5.91 Å². The van der Waals surface area contributed by atoms with Crippen molar-refractivity contribution in [2.24, 2.45) is 11.3 Å². The van der Waals surface area contributed by atoms with Crippen molar-refractivity contribution < 1.29 is 4.79 Å². The molecule has 76 valence electrons. The first-order valence-electron chi connectivity index (χ1n) is 5.02. The van der Waals surface area contributed by atoms with Gasteiger partial charge in [-0.15, -0.1) is 0 Å². The van der Waals surface area contributed by atoms with Crippen molar-refractivity contribution in [3.63, 3.8) is 0 Å². The molecule has 2 heteroatoms. The van der Waals surface area contributed by atoms with E-state index in [0.29, 0.717) is 17.8 Å². The van der Waals surface area contributed by atoms with E-state index in [1.54, 1.807) is 0 Å². The highest BCUT2D eigenvalue weighted by atomic mass is 16.1. The smallest absolute Gasteiger partial charge is 0.220 e. The standard InChI is InChI=1S/C11H21NO/c1-10(2,3)12-9(13)6-8-7-11(8,4)5/h8H,6-7H2,1-5H3,(H,12,13). The third-order valence-electron chi connectivity index (χ3n) is 2.66. The molecule has 1 atom stereocenters. The van der Waals surface area contributed by atoms with Crippen LogP contribution in [0.3, 0.4) is 0 Å². The van der Waals surface area contributed by atoms with Crippen LogP contribution in [0.15, 0.2) is 0 Å². The molecule has 2 nitrogen and oxygen atoms in total. The summed E-state index contributed by atoms with van der Waals surface area (Å²) in [6, 6.07) is 0. The van der Waals surface area contributed by atoms with Gasteiger partial charge in [0.2, 0.25) is 5.91 Å². The van der Waals surface area contributed by atoms with Gasteiger partial charge in [0.15, 0.2) is 0 Å². The van der Waals surface area contributed by atoms with Gasteiger partial charge in [-0.1, -0.05) is 13.8 Å². The van der Waals surface area contributed by atoms with Gasteiger partial charge in [-0.3, -0.25) is 4.79 Å². The molecule has 0 radical (unpaired) electrons. The minimum Gasteiger partial charge on any atom is -0.352 e. The van der Waals surface area contributed by atoms with Crippen LogP contribution in [0.4, 0.5) is 0 Å². The number of hydrogen-bond acceptors (Lipinski definition) is 1. The number of hydrogen-bond donors (Lipinski definition) is 1. The lowest BCUT2D eigenvalue weighted by Crippen LogP contribution is -2.40. The van der Waals surface area contributed by atoms with Crippen LogP contribution in [0, 0.1) is 11.3 Å². The highest BCUT2D eigenvalue weighted by Gasteiger charge is 2.46. The lowest BCUT2D eigenvalue weighted by atomic mass is 10.1.